The van der Waals surface area contributed by atoms with Crippen LogP contribution in [-0.2, 0) is 9.59 Å². The second kappa shape index (κ2) is 2.90. The van der Waals surface area contributed by atoms with Crippen LogP contribution in [0.4, 0.5) is 0 Å². The van der Waals surface area contributed by atoms with Gasteiger partial charge in [0, 0.05) is 0 Å². The summed E-state index contributed by atoms with van der Waals surface area (Å²) in [6.07, 6.45) is 0. The topological polar surface area (TPSA) is 58.2 Å². The van der Waals surface area contributed by atoms with Crippen LogP contribution in [0.15, 0.2) is 0 Å². The van der Waals surface area contributed by atoms with Gasteiger partial charge in [-0.3, -0.25) is 9.59 Å². The molecule has 1 aliphatic rings. The molecule has 0 bridgehead atoms. The molecule has 2 amide bonds. The van der Waals surface area contributed by atoms with Crippen molar-refractivity contribution in [3.05, 3.63) is 0 Å². The molecule has 0 spiro atoms. The van der Waals surface area contributed by atoms with Gasteiger partial charge in [0.25, 0.3) is 0 Å². The molecule has 0 radical (unpaired) electrons. The zero-order chi connectivity index (χ0) is 8.43. The highest BCUT2D eigenvalue weighted by Gasteiger charge is 2.27. The average molecular weight is 157 g/mol. The van der Waals surface area contributed by atoms with Gasteiger partial charge in [0.1, 0.15) is 6.04 Å². The van der Waals surface area contributed by atoms with Crippen molar-refractivity contribution in [3.63, 3.8) is 0 Å². The third-order valence-corrected chi connectivity index (χ3v) is 1.69. The van der Waals surface area contributed by atoms with Crippen molar-refractivity contribution in [3.8, 4) is 0 Å². The van der Waals surface area contributed by atoms with Crippen molar-refractivity contribution in [2.75, 3.05) is 6.54 Å². The van der Waals surface area contributed by atoms with Crippen LogP contribution in [-0.4, -0.2) is 24.4 Å². The maximum atomic E-state index is 11.1. The van der Waals surface area contributed by atoms with Gasteiger partial charge in [-0.05, 0) is 5.92 Å². The number of piperazine rings is 1. The summed E-state index contributed by atoms with van der Waals surface area (Å²) in [4.78, 5) is 21.9. The maximum absolute atomic E-state index is 11.1. The summed E-state index contributed by atoms with van der Waals surface area (Å²) in [6.45, 7) is 3.91. The molecule has 0 unspecified atom stereocenters. The lowest BCUT2D eigenvalue weighted by Crippen LogP contribution is -2.58. The Labute approximate surface area is 65.3 Å². The van der Waals surface area contributed by atoms with Crippen LogP contribution in [0, 0.1) is 5.92 Å². The molecule has 4 heteroatoms. The maximum Gasteiger partial charge on any atom is 0.243 e. The van der Waals surface area contributed by atoms with E-state index in [2.05, 4.69) is 10.6 Å². The summed E-state index contributed by atoms with van der Waals surface area (Å²) in [7, 11) is 0. The SMILES string of the molecule is CC(C)[C@@H]1NC(=O)C[15NH]C1=O. The van der Waals surface area contributed by atoms with Gasteiger partial charge in [-0.25, -0.2) is 0 Å². The Bertz CT molecular complexity index is 189. The molecule has 1 saturated heterocycles. The van der Waals surface area contributed by atoms with Crippen molar-refractivity contribution in [2.45, 2.75) is 19.9 Å². The minimum atomic E-state index is -0.351. The van der Waals surface area contributed by atoms with E-state index in [0.717, 1.165) is 0 Å². The van der Waals surface area contributed by atoms with E-state index in [1.807, 2.05) is 13.8 Å². The van der Waals surface area contributed by atoms with Crippen molar-refractivity contribution >= 4 is 11.8 Å². The van der Waals surface area contributed by atoms with Crippen LogP contribution in [0.5, 0.6) is 0 Å². The van der Waals surface area contributed by atoms with E-state index in [0.29, 0.717) is 0 Å². The predicted octanol–water partition coefficient (Wildman–Crippen LogP) is -0.743. The van der Waals surface area contributed by atoms with Crippen molar-refractivity contribution in [1.82, 2.24) is 10.6 Å². The minimum absolute atomic E-state index is 0.0837. The number of hydrogen-bond donors (Lipinski definition) is 2. The van der Waals surface area contributed by atoms with Crippen LogP contribution in [0.2, 0.25) is 0 Å². The highest BCUT2D eigenvalue weighted by molar-refractivity contribution is 5.94. The molecule has 0 aliphatic carbocycles. The van der Waals surface area contributed by atoms with Crippen LogP contribution in [0.1, 0.15) is 13.8 Å². The first kappa shape index (κ1) is 8.04. The second-order valence-corrected chi connectivity index (χ2v) is 3.01. The van der Waals surface area contributed by atoms with E-state index in [-0.39, 0.29) is 30.3 Å². The van der Waals surface area contributed by atoms with E-state index in [9.17, 15) is 9.59 Å². The first-order chi connectivity index (χ1) is 5.11. The first-order valence-electron chi connectivity index (χ1n) is 3.68. The Kier molecular flexibility index (Phi) is 2.12. The van der Waals surface area contributed by atoms with Gasteiger partial charge in [0.05, 0.1) is 6.54 Å². The average Bonchev–Trinajstić information content (AvgIpc) is 1.94. The van der Waals surface area contributed by atoms with Crippen LogP contribution in [0.25, 0.3) is 0 Å². The number of carbonyl (C=O) groups excluding carboxylic acids is 2. The van der Waals surface area contributed by atoms with Crippen LogP contribution >= 0.6 is 0 Å². The molecule has 1 rings (SSSR count). The Morgan fingerprint density at radius 1 is 1.45 bits per heavy atom. The Morgan fingerprint density at radius 2 is 2.09 bits per heavy atom. The van der Waals surface area contributed by atoms with Gasteiger partial charge in [-0.2, -0.15) is 0 Å². The molecule has 0 aromatic rings. The lowest BCUT2D eigenvalue weighted by molar-refractivity contribution is -0.134. The van der Waals surface area contributed by atoms with Crippen LogP contribution in [0.3, 0.4) is 0 Å². The summed E-state index contributed by atoms with van der Waals surface area (Å²) >= 11 is 0. The molecule has 1 fully saturated rings. The smallest absolute Gasteiger partial charge is 0.243 e. The molecule has 0 aromatic heterocycles. The van der Waals surface area contributed by atoms with Gasteiger partial charge >= 0.3 is 0 Å². The molecule has 2 N–H and O–H groups in total. The third kappa shape index (κ3) is 1.69. The zero-order valence-corrected chi connectivity index (χ0v) is 6.68. The number of hydrogen-bond acceptors (Lipinski definition) is 2. The molecule has 11 heavy (non-hydrogen) atoms. The van der Waals surface area contributed by atoms with Crippen LogP contribution < -0.4 is 10.6 Å². The highest BCUT2D eigenvalue weighted by atomic mass is 16.2. The van der Waals surface area contributed by atoms with Crippen molar-refractivity contribution in [1.29, 1.82) is 0 Å². The minimum Gasteiger partial charge on any atom is -0.345 e. The molecular formula is C7H12N2O2. The van der Waals surface area contributed by atoms with E-state index < -0.39 is 0 Å². The molecule has 1 aliphatic heterocycles. The normalized spacial score (nSPS) is 24.8. The fourth-order valence-corrected chi connectivity index (χ4v) is 1.04. The lowest BCUT2D eigenvalue weighted by atomic mass is 10.0. The fourth-order valence-electron chi connectivity index (χ4n) is 1.04. The van der Waals surface area contributed by atoms with Crippen molar-refractivity contribution < 1.29 is 9.59 Å². The molecule has 1 heterocycles. The molecule has 0 aromatic carbocycles. The van der Waals surface area contributed by atoms with Gasteiger partial charge in [-0.15, -0.1) is 0 Å². The standard InChI is InChI=1S/C7H12N2O2/c1-4(2)6-7(11)8-3-5(10)9-6/h4,6H,3H2,1-2H3,(H,8,11)(H,9,10)/t6-/m0/s1/i8+1. The number of rotatable bonds is 1. The summed E-state index contributed by atoms with van der Waals surface area (Å²) in [5.74, 6) is -0.0397. The lowest BCUT2D eigenvalue weighted by Gasteiger charge is -2.25. The van der Waals surface area contributed by atoms with Crippen molar-refractivity contribution in [2.24, 2.45) is 5.92 Å². The summed E-state index contributed by atoms with van der Waals surface area (Å²) in [5.41, 5.74) is 0. The van der Waals surface area contributed by atoms with E-state index in [1.54, 1.807) is 0 Å². The van der Waals surface area contributed by atoms with Gasteiger partial charge in [-0.1, -0.05) is 13.8 Å². The van der Waals surface area contributed by atoms with E-state index in [1.165, 1.54) is 0 Å². The quantitative estimate of drug-likeness (QED) is 0.492. The molecule has 62 valence electrons. The summed E-state index contributed by atoms with van der Waals surface area (Å²) < 4.78 is 0. The van der Waals surface area contributed by atoms with Gasteiger partial charge < -0.3 is 10.6 Å². The van der Waals surface area contributed by atoms with Gasteiger partial charge in [0.2, 0.25) is 11.8 Å². The largest absolute Gasteiger partial charge is 0.345 e. The van der Waals surface area contributed by atoms with E-state index in [4.69, 9.17) is 0 Å². The van der Waals surface area contributed by atoms with E-state index >= 15 is 0 Å². The number of amides is 2. The summed E-state index contributed by atoms with van der Waals surface area (Å²) in [5, 5.41) is 5.13. The van der Waals surface area contributed by atoms with Gasteiger partial charge in [0.15, 0.2) is 0 Å². The fraction of sp³-hybridized carbons (Fsp3) is 0.714. The molecule has 1 atom stereocenters. The molecular weight excluding hydrogens is 145 g/mol. The Hall–Kier alpha value is -1.06. The summed E-state index contributed by atoms with van der Waals surface area (Å²) in [6, 6.07) is -0.351. The monoisotopic (exact) mass is 157 g/mol. The zero-order valence-electron chi connectivity index (χ0n) is 6.68. The predicted molar refractivity (Wildman–Crippen MR) is 39.8 cm³/mol. The number of carbonyl (C=O) groups is 2. The highest BCUT2D eigenvalue weighted by Crippen LogP contribution is 2.03. The number of nitrogens with one attached hydrogen (secondary N) is 2. The molecule has 4 nitrogen and oxygen atoms in total. The second-order valence-electron chi connectivity index (χ2n) is 3.01. The third-order valence-electron chi connectivity index (χ3n) is 1.69. The Balaban J connectivity index is 2.61. The molecule has 0 saturated carbocycles. The Morgan fingerprint density at radius 3 is 2.55 bits per heavy atom. The first-order valence-corrected chi connectivity index (χ1v) is 3.68.